The van der Waals surface area contributed by atoms with E-state index in [-0.39, 0.29) is 17.5 Å². The fraction of sp³-hybridized carbons (Fsp3) is 0.250. The largest absolute Gasteiger partial charge is 0.490 e. The number of H-pyrrole nitrogens is 1. The van der Waals surface area contributed by atoms with Crippen LogP contribution in [0.15, 0.2) is 42.7 Å². The molecule has 3 heterocycles. The lowest BCUT2D eigenvalue weighted by Gasteiger charge is -2.24. The van der Waals surface area contributed by atoms with Crippen molar-refractivity contribution in [2.75, 3.05) is 18.4 Å². The highest BCUT2D eigenvalue weighted by Gasteiger charge is 2.25. The molecule has 1 saturated heterocycles. The summed E-state index contributed by atoms with van der Waals surface area (Å²) >= 11 is 6.05. The molecule has 5 N–H and O–H groups in total. The van der Waals surface area contributed by atoms with Gasteiger partial charge in [-0.1, -0.05) is 11.6 Å². The number of halogens is 1. The maximum absolute atomic E-state index is 13.1. The number of amides is 2. The summed E-state index contributed by atoms with van der Waals surface area (Å²) in [5, 5.41) is 6.67. The highest BCUT2D eigenvalue weighted by atomic mass is 35.5. The number of aromatic amines is 1. The molecule has 0 spiro atoms. The number of nitrogens with zero attached hydrogens (tertiary/aromatic N) is 3. The van der Waals surface area contributed by atoms with Crippen molar-refractivity contribution in [1.29, 1.82) is 0 Å². The van der Waals surface area contributed by atoms with Crippen molar-refractivity contribution in [3.8, 4) is 11.7 Å². The average Bonchev–Trinajstić information content (AvgIpc) is 3.45. The molecule has 1 fully saturated rings. The summed E-state index contributed by atoms with van der Waals surface area (Å²) in [6.45, 7) is 3.75. The maximum Gasteiger partial charge on any atom is 0.276 e. The monoisotopic (exact) mass is 493 g/mol. The molecule has 4 aromatic rings. The summed E-state index contributed by atoms with van der Waals surface area (Å²) in [5.74, 6) is -0.335. The summed E-state index contributed by atoms with van der Waals surface area (Å²) in [4.78, 5) is 37.0. The number of nitrogens with two attached hydrogens (primary N) is 1. The minimum absolute atomic E-state index is 0.0869. The molecule has 2 aromatic heterocycles. The number of piperidine rings is 1. The molecule has 0 aliphatic carbocycles. The van der Waals surface area contributed by atoms with Crippen LogP contribution in [0.2, 0.25) is 5.02 Å². The van der Waals surface area contributed by atoms with Crippen molar-refractivity contribution in [3.05, 3.63) is 64.7 Å². The number of anilines is 1. The predicted molar refractivity (Wildman–Crippen MR) is 132 cm³/mol. The van der Waals surface area contributed by atoms with Crippen LogP contribution in [-0.4, -0.2) is 50.5 Å². The summed E-state index contributed by atoms with van der Waals surface area (Å²) in [7, 11) is 0. The van der Waals surface area contributed by atoms with Crippen LogP contribution in [-0.2, 0) is 0 Å². The number of hydrogen-bond acceptors (Lipinski definition) is 6. The second kappa shape index (κ2) is 9.40. The van der Waals surface area contributed by atoms with Crippen LogP contribution in [0.1, 0.15) is 39.4 Å². The summed E-state index contributed by atoms with van der Waals surface area (Å²) in [5.41, 5.74) is 8.14. The Bertz CT molecular complexity index is 1420. The van der Waals surface area contributed by atoms with E-state index in [1.165, 1.54) is 10.9 Å². The molecule has 1 aliphatic heterocycles. The first kappa shape index (κ1) is 22.9. The summed E-state index contributed by atoms with van der Waals surface area (Å²) < 4.78 is 7.42. The summed E-state index contributed by atoms with van der Waals surface area (Å²) in [6.07, 6.45) is 3.41. The van der Waals surface area contributed by atoms with E-state index in [2.05, 4.69) is 25.6 Å². The molecule has 0 saturated carbocycles. The van der Waals surface area contributed by atoms with Gasteiger partial charge >= 0.3 is 0 Å². The topological polar surface area (TPSA) is 140 Å². The van der Waals surface area contributed by atoms with Gasteiger partial charge in [0.2, 0.25) is 5.95 Å². The molecule has 2 amide bonds. The van der Waals surface area contributed by atoms with Gasteiger partial charge in [-0.2, -0.15) is 0 Å². The molecule has 0 bridgehead atoms. The van der Waals surface area contributed by atoms with E-state index in [1.807, 2.05) is 19.1 Å². The molecule has 0 radical (unpaired) electrons. The normalized spacial score (nSPS) is 14.2. The molecule has 11 heteroatoms. The van der Waals surface area contributed by atoms with Gasteiger partial charge in [0.25, 0.3) is 11.8 Å². The van der Waals surface area contributed by atoms with Gasteiger partial charge in [0.1, 0.15) is 23.9 Å². The van der Waals surface area contributed by atoms with Crippen LogP contribution in [0, 0.1) is 6.92 Å². The quantitative estimate of drug-likeness (QED) is 0.325. The maximum atomic E-state index is 13.1. The van der Waals surface area contributed by atoms with E-state index in [4.69, 9.17) is 22.1 Å². The number of fused-ring (bicyclic) bond motifs is 1. The molecule has 180 valence electrons. The van der Waals surface area contributed by atoms with E-state index in [9.17, 15) is 9.59 Å². The van der Waals surface area contributed by atoms with Gasteiger partial charge in [-0.3, -0.25) is 14.2 Å². The van der Waals surface area contributed by atoms with Gasteiger partial charge in [0.05, 0.1) is 11.0 Å². The second-order valence-electron chi connectivity index (χ2n) is 8.40. The van der Waals surface area contributed by atoms with Gasteiger partial charge < -0.3 is 26.1 Å². The number of ether oxygens (including phenoxy) is 1. The number of nitrogens with one attached hydrogen (secondary N) is 3. The fourth-order valence-corrected chi connectivity index (χ4v) is 4.30. The Kier molecular flexibility index (Phi) is 6.14. The molecule has 35 heavy (non-hydrogen) atoms. The molecular formula is C24H24ClN7O3. The smallest absolute Gasteiger partial charge is 0.276 e. The first-order valence-electron chi connectivity index (χ1n) is 11.2. The van der Waals surface area contributed by atoms with Crippen molar-refractivity contribution in [3.63, 3.8) is 0 Å². The SMILES string of the molecule is Cc1cc(OC2CCNCC2)ccc1NC(=O)c1ncn(-c2nc3ccc(Cl)cc3[nH]2)c1C(N)=O. The van der Waals surface area contributed by atoms with Gasteiger partial charge in [-0.05, 0) is 74.8 Å². The zero-order chi connectivity index (χ0) is 24.5. The van der Waals surface area contributed by atoms with Crippen LogP contribution in [0.3, 0.4) is 0 Å². The lowest BCUT2D eigenvalue weighted by Crippen LogP contribution is -2.34. The number of imidazole rings is 2. The Hall–Kier alpha value is -3.89. The standard InChI is InChI=1S/C24H24ClN7O3/c1-13-10-16(35-15-6-8-27-9-7-15)3-5-17(13)29-23(34)20-21(22(26)33)32(12-28-20)24-30-18-4-2-14(25)11-19(18)31-24/h2-5,10-12,15,27H,6-9H2,1H3,(H2,26,33)(H,29,34)(H,30,31). The van der Waals surface area contributed by atoms with Crippen LogP contribution in [0.5, 0.6) is 5.75 Å². The van der Waals surface area contributed by atoms with Gasteiger partial charge in [-0.25, -0.2) is 9.97 Å². The van der Waals surface area contributed by atoms with Crippen molar-refractivity contribution in [2.45, 2.75) is 25.9 Å². The third-order valence-corrected chi connectivity index (χ3v) is 6.15. The van der Waals surface area contributed by atoms with Crippen LogP contribution >= 0.6 is 11.6 Å². The Morgan fingerprint density at radius 3 is 2.74 bits per heavy atom. The first-order valence-corrected chi connectivity index (χ1v) is 11.6. The van der Waals surface area contributed by atoms with Crippen LogP contribution in [0.25, 0.3) is 17.0 Å². The third kappa shape index (κ3) is 4.71. The number of rotatable bonds is 6. The second-order valence-corrected chi connectivity index (χ2v) is 8.83. The highest BCUT2D eigenvalue weighted by molar-refractivity contribution is 6.31. The van der Waals surface area contributed by atoms with Crippen molar-refractivity contribution in [2.24, 2.45) is 5.73 Å². The molecular weight excluding hydrogens is 470 g/mol. The average molecular weight is 494 g/mol. The minimum atomic E-state index is -0.811. The number of carbonyl (C=O) groups is 2. The molecule has 1 aliphatic rings. The zero-order valence-electron chi connectivity index (χ0n) is 19.0. The van der Waals surface area contributed by atoms with Gasteiger partial charge in [0.15, 0.2) is 5.69 Å². The predicted octanol–water partition coefficient (Wildman–Crippen LogP) is 3.19. The van der Waals surface area contributed by atoms with E-state index < -0.39 is 11.8 Å². The Balaban J connectivity index is 1.38. The van der Waals surface area contributed by atoms with Crippen molar-refractivity contribution < 1.29 is 14.3 Å². The zero-order valence-corrected chi connectivity index (χ0v) is 19.7. The first-order chi connectivity index (χ1) is 16.9. The van der Waals surface area contributed by atoms with E-state index >= 15 is 0 Å². The fourth-order valence-electron chi connectivity index (χ4n) is 4.13. The van der Waals surface area contributed by atoms with E-state index in [1.54, 1.807) is 24.3 Å². The molecule has 0 unspecified atom stereocenters. The minimum Gasteiger partial charge on any atom is -0.490 e. The molecule has 2 aromatic carbocycles. The lowest BCUT2D eigenvalue weighted by molar-refractivity contribution is 0.0970. The number of hydrogen-bond donors (Lipinski definition) is 4. The number of primary amides is 1. The van der Waals surface area contributed by atoms with Crippen LogP contribution < -0.4 is 21.1 Å². The summed E-state index contributed by atoms with van der Waals surface area (Å²) in [6, 6.07) is 10.6. The van der Waals surface area contributed by atoms with Crippen LogP contribution in [0.4, 0.5) is 5.69 Å². The molecule has 10 nitrogen and oxygen atoms in total. The molecule has 5 rings (SSSR count). The lowest BCUT2D eigenvalue weighted by atomic mass is 10.1. The number of aromatic nitrogens is 4. The van der Waals surface area contributed by atoms with E-state index in [0.29, 0.717) is 27.7 Å². The number of aryl methyl sites for hydroxylation is 1. The van der Waals surface area contributed by atoms with Crippen molar-refractivity contribution >= 4 is 40.1 Å². The van der Waals surface area contributed by atoms with E-state index in [0.717, 1.165) is 37.2 Å². The molecule has 0 atom stereocenters. The Morgan fingerprint density at radius 1 is 1.20 bits per heavy atom. The number of carbonyl (C=O) groups excluding carboxylic acids is 2. The van der Waals surface area contributed by atoms with Gasteiger partial charge in [0, 0.05) is 10.7 Å². The van der Waals surface area contributed by atoms with Crippen molar-refractivity contribution in [1.82, 2.24) is 24.8 Å². The van der Waals surface area contributed by atoms with Gasteiger partial charge in [-0.15, -0.1) is 0 Å². The third-order valence-electron chi connectivity index (χ3n) is 5.91. The Morgan fingerprint density at radius 2 is 2.00 bits per heavy atom. The Labute approximate surface area is 205 Å². The highest BCUT2D eigenvalue weighted by Crippen LogP contribution is 2.25. The number of benzene rings is 2.